The Balaban J connectivity index is 1.91. The Morgan fingerprint density at radius 3 is 0.912 bits per heavy atom. The molecule has 0 aliphatic heterocycles. The molecule has 0 bridgehead atoms. The van der Waals surface area contributed by atoms with Crippen LogP contribution in [0.25, 0.3) is 0 Å². The Labute approximate surface area is 214 Å². The predicted octanol–water partition coefficient (Wildman–Crippen LogP) is 9.27. The summed E-state index contributed by atoms with van der Waals surface area (Å²) in [6.07, 6.45) is 33.0. The molecule has 0 aromatic heterocycles. The van der Waals surface area contributed by atoms with Crippen molar-refractivity contribution in [2.75, 3.05) is 13.1 Å². The van der Waals surface area contributed by atoms with Gasteiger partial charge in [0.15, 0.2) is 0 Å². The van der Waals surface area contributed by atoms with Gasteiger partial charge in [-0.25, -0.2) is 0 Å². The van der Waals surface area contributed by atoms with E-state index >= 15 is 0 Å². The molecule has 2 heteroatoms. The molecule has 0 amide bonds. The highest BCUT2D eigenvalue weighted by Gasteiger charge is 1.99. The summed E-state index contributed by atoms with van der Waals surface area (Å²) in [4.78, 5) is 0. The Morgan fingerprint density at radius 1 is 0.353 bits per heavy atom. The summed E-state index contributed by atoms with van der Waals surface area (Å²) in [5.41, 5.74) is 14.2. The number of benzene rings is 1. The lowest BCUT2D eigenvalue weighted by Gasteiger charge is -2.07. The van der Waals surface area contributed by atoms with Crippen LogP contribution in [0.5, 0.6) is 0 Å². The monoisotopic (exact) mass is 472 g/mol. The molecule has 2 nitrogen and oxygen atoms in total. The van der Waals surface area contributed by atoms with E-state index in [0.29, 0.717) is 0 Å². The minimum atomic E-state index is 0.863. The van der Waals surface area contributed by atoms with E-state index in [2.05, 4.69) is 24.3 Å². The van der Waals surface area contributed by atoms with E-state index < -0.39 is 0 Å². The molecule has 0 aliphatic carbocycles. The molecule has 1 aromatic rings. The van der Waals surface area contributed by atoms with Gasteiger partial charge in [-0.3, -0.25) is 0 Å². The average Bonchev–Trinajstić information content (AvgIpc) is 2.85. The Bertz CT molecular complexity index is 484. The zero-order valence-electron chi connectivity index (χ0n) is 22.8. The molecule has 0 spiro atoms. The van der Waals surface area contributed by atoms with E-state index in [9.17, 15) is 0 Å². The molecule has 0 radical (unpaired) electrons. The van der Waals surface area contributed by atoms with Crippen LogP contribution in [-0.2, 0) is 12.8 Å². The summed E-state index contributed by atoms with van der Waals surface area (Å²) in [6.45, 7) is 1.73. The number of hydrogen-bond donors (Lipinski definition) is 2. The van der Waals surface area contributed by atoms with Gasteiger partial charge in [0.2, 0.25) is 0 Å². The minimum Gasteiger partial charge on any atom is -0.330 e. The second-order valence-electron chi connectivity index (χ2n) is 10.7. The molecule has 0 heterocycles. The Hall–Kier alpha value is -0.860. The summed E-state index contributed by atoms with van der Waals surface area (Å²) < 4.78 is 0. The summed E-state index contributed by atoms with van der Waals surface area (Å²) in [6, 6.07) is 9.44. The molecule has 0 fully saturated rings. The number of hydrogen-bond acceptors (Lipinski definition) is 2. The van der Waals surface area contributed by atoms with Crippen molar-refractivity contribution in [2.45, 2.75) is 154 Å². The van der Waals surface area contributed by atoms with Crippen LogP contribution in [0.1, 0.15) is 152 Å². The minimum absolute atomic E-state index is 0.863. The normalized spacial score (nSPS) is 11.4. The van der Waals surface area contributed by atoms with Crippen molar-refractivity contribution in [1.29, 1.82) is 0 Å². The first-order chi connectivity index (χ1) is 16.9. The first-order valence-electron chi connectivity index (χ1n) is 15.3. The molecule has 34 heavy (non-hydrogen) atoms. The van der Waals surface area contributed by atoms with Gasteiger partial charge in [-0.15, -0.1) is 0 Å². The van der Waals surface area contributed by atoms with Crippen molar-refractivity contribution in [3.8, 4) is 0 Å². The zero-order chi connectivity index (χ0) is 24.4. The van der Waals surface area contributed by atoms with Crippen LogP contribution in [-0.4, -0.2) is 13.1 Å². The van der Waals surface area contributed by atoms with Crippen LogP contribution in [0.2, 0.25) is 0 Å². The van der Waals surface area contributed by atoms with E-state index in [0.717, 1.165) is 13.1 Å². The second-order valence-corrected chi connectivity index (χ2v) is 10.7. The summed E-state index contributed by atoms with van der Waals surface area (Å²) in [5.74, 6) is 0. The predicted molar refractivity (Wildman–Crippen MR) is 154 cm³/mol. The SMILES string of the molecule is NCCCCCCCCCCCCCc1cccc(CCCCCCCCCCCCCN)c1. The van der Waals surface area contributed by atoms with Gasteiger partial charge in [0.25, 0.3) is 0 Å². The standard InChI is InChI=1S/C32H60N2/c33-28-21-17-13-9-5-1-3-7-11-15-19-24-31-26-23-27-32(30-31)25-20-16-12-8-4-2-6-10-14-18-22-29-34/h23,26-27,30H,1-22,24-25,28-29,33-34H2. The smallest absolute Gasteiger partial charge is 0.00773 e. The van der Waals surface area contributed by atoms with Crippen molar-refractivity contribution in [1.82, 2.24) is 0 Å². The molecule has 4 N–H and O–H groups in total. The molecule has 1 rings (SSSR count). The lowest BCUT2D eigenvalue weighted by Crippen LogP contribution is -1.97. The molecule has 198 valence electrons. The fraction of sp³-hybridized carbons (Fsp3) is 0.812. The Morgan fingerprint density at radius 2 is 0.618 bits per heavy atom. The molecule has 0 aliphatic rings. The third kappa shape index (κ3) is 20.5. The van der Waals surface area contributed by atoms with Gasteiger partial charge in [-0.05, 0) is 62.7 Å². The highest BCUT2D eigenvalue weighted by Crippen LogP contribution is 2.16. The van der Waals surface area contributed by atoms with Crippen molar-refractivity contribution in [3.05, 3.63) is 35.4 Å². The van der Waals surface area contributed by atoms with E-state index in [1.807, 2.05) is 0 Å². The quantitative estimate of drug-likeness (QED) is 0.132. The maximum absolute atomic E-state index is 5.55. The highest BCUT2D eigenvalue weighted by molar-refractivity contribution is 5.23. The number of aryl methyl sites for hydroxylation is 2. The lowest BCUT2D eigenvalue weighted by atomic mass is 9.99. The topological polar surface area (TPSA) is 52.0 Å². The molecule has 0 saturated carbocycles. The van der Waals surface area contributed by atoms with Gasteiger partial charge < -0.3 is 11.5 Å². The summed E-state index contributed by atoms with van der Waals surface area (Å²) in [7, 11) is 0. The number of nitrogens with two attached hydrogens (primary N) is 2. The summed E-state index contributed by atoms with van der Waals surface area (Å²) >= 11 is 0. The van der Waals surface area contributed by atoms with E-state index in [4.69, 9.17) is 11.5 Å². The Kier molecular flexibility index (Phi) is 23.1. The largest absolute Gasteiger partial charge is 0.330 e. The van der Waals surface area contributed by atoms with Crippen molar-refractivity contribution >= 4 is 0 Å². The van der Waals surface area contributed by atoms with Gasteiger partial charge >= 0.3 is 0 Å². The van der Waals surface area contributed by atoms with Gasteiger partial charge in [0, 0.05) is 0 Å². The van der Waals surface area contributed by atoms with Crippen LogP contribution in [0.4, 0.5) is 0 Å². The van der Waals surface area contributed by atoms with E-state index in [1.165, 1.54) is 154 Å². The van der Waals surface area contributed by atoms with Crippen molar-refractivity contribution < 1.29 is 0 Å². The molecule has 0 atom stereocenters. The fourth-order valence-electron chi connectivity index (χ4n) is 5.07. The van der Waals surface area contributed by atoms with Crippen LogP contribution >= 0.6 is 0 Å². The second kappa shape index (κ2) is 25.2. The van der Waals surface area contributed by atoms with Gasteiger partial charge in [-0.2, -0.15) is 0 Å². The first kappa shape index (κ1) is 31.2. The lowest BCUT2D eigenvalue weighted by molar-refractivity contribution is 0.546. The zero-order valence-corrected chi connectivity index (χ0v) is 22.8. The maximum atomic E-state index is 5.55. The number of rotatable bonds is 26. The average molecular weight is 473 g/mol. The van der Waals surface area contributed by atoms with Gasteiger partial charge in [-0.1, -0.05) is 140 Å². The third-order valence-corrected chi connectivity index (χ3v) is 7.33. The molecule has 1 aromatic carbocycles. The number of unbranched alkanes of at least 4 members (excludes halogenated alkanes) is 20. The highest BCUT2D eigenvalue weighted by atomic mass is 14.5. The van der Waals surface area contributed by atoms with Gasteiger partial charge in [0.05, 0.1) is 0 Å². The summed E-state index contributed by atoms with van der Waals surface area (Å²) in [5, 5.41) is 0. The fourth-order valence-corrected chi connectivity index (χ4v) is 5.07. The third-order valence-electron chi connectivity index (χ3n) is 7.33. The van der Waals surface area contributed by atoms with Crippen LogP contribution in [0, 0.1) is 0 Å². The molecule has 0 unspecified atom stereocenters. The van der Waals surface area contributed by atoms with Gasteiger partial charge in [0.1, 0.15) is 0 Å². The van der Waals surface area contributed by atoms with Crippen molar-refractivity contribution in [3.63, 3.8) is 0 Å². The molecular formula is C32H60N2. The van der Waals surface area contributed by atoms with Crippen LogP contribution in [0.15, 0.2) is 24.3 Å². The van der Waals surface area contributed by atoms with E-state index in [-0.39, 0.29) is 0 Å². The van der Waals surface area contributed by atoms with Crippen molar-refractivity contribution in [2.24, 2.45) is 11.5 Å². The van der Waals surface area contributed by atoms with Crippen LogP contribution in [0.3, 0.4) is 0 Å². The molecule has 0 saturated heterocycles. The van der Waals surface area contributed by atoms with Crippen LogP contribution < -0.4 is 11.5 Å². The van der Waals surface area contributed by atoms with E-state index in [1.54, 1.807) is 11.1 Å². The maximum Gasteiger partial charge on any atom is -0.00773 e. The molecular weight excluding hydrogens is 412 g/mol. The first-order valence-corrected chi connectivity index (χ1v) is 15.3.